The van der Waals surface area contributed by atoms with Crippen molar-refractivity contribution in [3.05, 3.63) is 29.6 Å². The van der Waals surface area contributed by atoms with Crippen LogP contribution in [0.5, 0.6) is 0 Å². The van der Waals surface area contributed by atoms with Gasteiger partial charge in [0, 0.05) is 6.20 Å². The van der Waals surface area contributed by atoms with Crippen LogP contribution in [0.25, 0.3) is 0 Å². The van der Waals surface area contributed by atoms with E-state index in [4.69, 9.17) is 10.8 Å². The van der Waals surface area contributed by atoms with Gasteiger partial charge in [-0.05, 0) is 17.7 Å². The normalized spacial score (nSPS) is 9.80. The Kier molecular flexibility index (Phi) is 2.36. The van der Waals surface area contributed by atoms with E-state index in [-0.39, 0.29) is 13.2 Å². The molecule has 1 aromatic heterocycles. The molecule has 53 valence electrons. The molecule has 0 saturated heterocycles. The fraction of sp³-hybridized carbons (Fsp3) is 0.286. The maximum atomic E-state index is 8.67. The van der Waals surface area contributed by atoms with Gasteiger partial charge < -0.3 is 5.11 Å². The maximum Gasteiger partial charge on any atom is 0.0683 e. The largest absolute Gasteiger partial charge is 0.392 e. The summed E-state index contributed by atoms with van der Waals surface area (Å²) in [6, 6.07) is 3.46. The molecule has 0 amide bonds. The molecule has 1 radical (unpaired) electrons. The molecule has 0 aliphatic carbocycles. The van der Waals surface area contributed by atoms with E-state index in [1.807, 2.05) is 0 Å². The highest BCUT2D eigenvalue weighted by molar-refractivity contribution is 5.14. The van der Waals surface area contributed by atoms with Gasteiger partial charge in [0.2, 0.25) is 0 Å². The Hall–Kier alpha value is -0.930. The van der Waals surface area contributed by atoms with Gasteiger partial charge in [0.25, 0.3) is 0 Å². The molecular formula is C7H9N2O. The van der Waals surface area contributed by atoms with E-state index in [0.29, 0.717) is 5.69 Å². The van der Waals surface area contributed by atoms with E-state index in [1.54, 1.807) is 18.3 Å². The van der Waals surface area contributed by atoms with Crippen LogP contribution in [-0.4, -0.2) is 10.1 Å². The summed E-state index contributed by atoms with van der Waals surface area (Å²) < 4.78 is 0. The average molecular weight is 137 g/mol. The fourth-order valence-electron chi connectivity index (χ4n) is 0.723. The lowest BCUT2D eigenvalue weighted by atomic mass is 10.2. The van der Waals surface area contributed by atoms with Crippen LogP contribution in [0.15, 0.2) is 18.3 Å². The Labute approximate surface area is 59.5 Å². The predicted octanol–water partition coefficient (Wildman–Crippen LogP) is 0.357. The molecule has 0 aliphatic heterocycles. The number of hydrogen-bond acceptors (Lipinski definition) is 2. The molecule has 0 saturated carbocycles. The van der Waals surface area contributed by atoms with E-state index in [2.05, 4.69) is 4.98 Å². The molecule has 1 heterocycles. The Morgan fingerprint density at radius 1 is 1.60 bits per heavy atom. The van der Waals surface area contributed by atoms with Crippen molar-refractivity contribution in [1.82, 2.24) is 10.7 Å². The summed E-state index contributed by atoms with van der Waals surface area (Å²) in [5.41, 5.74) is 8.49. The van der Waals surface area contributed by atoms with Crippen LogP contribution in [0.1, 0.15) is 11.3 Å². The molecule has 3 heteroatoms. The summed E-state index contributed by atoms with van der Waals surface area (Å²) in [5, 5.41) is 8.67. The van der Waals surface area contributed by atoms with Gasteiger partial charge >= 0.3 is 0 Å². The Bertz CT molecular complexity index is 193. The van der Waals surface area contributed by atoms with Crippen molar-refractivity contribution in [1.29, 1.82) is 0 Å². The first-order chi connectivity index (χ1) is 4.86. The zero-order chi connectivity index (χ0) is 7.40. The molecule has 1 rings (SSSR count). The van der Waals surface area contributed by atoms with Crippen LogP contribution in [-0.2, 0) is 13.2 Å². The first kappa shape index (κ1) is 7.18. The van der Waals surface area contributed by atoms with Crippen LogP contribution in [0.3, 0.4) is 0 Å². The minimum Gasteiger partial charge on any atom is -0.392 e. The summed E-state index contributed by atoms with van der Waals surface area (Å²) in [7, 11) is 0. The van der Waals surface area contributed by atoms with Crippen molar-refractivity contribution >= 4 is 0 Å². The van der Waals surface area contributed by atoms with Gasteiger partial charge in [-0.15, -0.1) is 0 Å². The summed E-state index contributed by atoms with van der Waals surface area (Å²) >= 11 is 0. The quantitative estimate of drug-likeness (QED) is 0.639. The second-order valence-corrected chi connectivity index (χ2v) is 1.99. The highest BCUT2D eigenvalue weighted by Gasteiger charge is 1.92. The number of aromatic nitrogens is 1. The van der Waals surface area contributed by atoms with E-state index >= 15 is 0 Å². The minimum atomic E-state index is 0.0233. The number of rotatable bonds is 2. The summed E-state index contributed by atoms with van der Waals surface area (Å²) in [5.74, 6) is 0. The number of nitrogens with zero attached hydrogens (tertiary/aromatic N) is 1. The lowest BCUT2D eigenvalue weighted by molar-refractivity contribution is 0.281. The third-order valence-corrected chi connectivity index (χ3v) is 1.24. The van der Waals surface area contributed by atoms with Gasteiger partial charge in [-0.25, -0.2) is 0 Å². The standard InChI is InChI=1S/C7H9N2O/c8-4-7-3-6(5-10)1-2-9-7/h1-3,8,10H,4-5H2. The first-order valence-corrected chi connectivity index (χ1v) is 3.06. The van der Waals surface area contributed by atoms with E-state index in [1.165, 1.54) is 0 Å². The Morgan fingerprint density at radius 3 is 3.00 bits per heavy atom. The molecule has 3 nitrogen and oxygen atoms in total. The zero-order valence-electron chi connectivity index (χ0n) is 5.54. The maximum absolute atomic E-state index is 8.67. The van der Waals surface area contributed by atoms with Crippen molar-refractivity contribution in [3.63, 3.8) is 0 Å². The minimum absolute atomic E-state index is 0.0233. The second kappa shape index (κ2) is 3.29. The van der Waals surface area contributed by atoms with Gasteiger partial charge in [-0.2, -0.15) is 0 Å². The molecule has 0 unspecified atom stereocenters. The summed E-state index contributed by atoms with van der Waals surface area (Å²) in [6.07, 6.45) is 1.61. The smallest absolute Gasteiger partial charge is 0.0683 e. The fourth-order valence-corrected chi connectivity index (χ4v) is 0.723. The van der Waals surface area contributed by atoms with E-state index in [9.17, 15) is 0 Å². The summed E-state index contributed by atoms with van der Waals surface area (Å²) in [4.78, 5) is 3.91. The van der Waals surface area contributed by atoms with Gasteiger partial charge in [-0.3, -0.25) is 10.7 Å². The van der Waals surface area contributed by atoms with Crippen LogP contribution in [0.2, 0.25) is 0 Å². The number of aliphatic hydroxyl groups excluding tert-OH is 1. The molecule has 0 aromatic carbocycles. The monoisotopic (exact) mass is 137 g/mol. The SMILES string of the molecule is [NH]Cc1cc(CO)ccn1. The molecule has 0 aliphatic rings. The first-order valence-electron chi connectivity index (χ1n) is 3.06. The van der Waals surface area contributed by atoms with Gasteiger partial charge in [0.15, 0.2) is 0 Å². The van der Waals surface area contributed by atoms with Crippen molar-refractivity contribution in [2.24, 2.45) is 0 Å². The third-order valence-electron chi connectivity index (χ3n) is 1.24. The number of pyridine rings is 1. The Morgan fingerprint density at radius 2 is 2.40 bits per heavy atom. The molecule has 2 N–H and O–H groups in total. The molecule has 1 aromatic rings. The predicted molar refractivity (Wildman–Crippen MR) is 37.0 cm³/mol. The third kappa shape index (κ3) is 1.52. The van der Waals surface area contributed by atoms with Crippen LogP contribution in [0.4, 0.5) is 0 Å². The van der Waals surface area contributed by atoms with Crippen LogP contribution in [0, 0.1) is 0 Å². The van der Waals surface area contributed by atoms with Gasteiger partial charge in [0.1, 0.15) is 0 Å². The lowest BCUT2D eigenvalue weighted by Gasteiger charge is -1.96. The molecule has 0 bridgehead atoms. The molecular weight excluding hydrogens is 128 g/mol. The van der Waals surface area contributed by atoms with Crippen molar-refractivity contribution in [3.8, 4) is 0 Å². The average Bonchev–Trinajstić information content (AvgIpc) is 2.05. The highest BCUT2D eigenvalue weighted by atomic mass is 16.3. The second-order valence-electron chi connectivity index (χ2n) is 1.99. The molecule has 10 heavy (non-hydrogen) atoms. The number of aliphatic hydroxyl groups is 1. The molecule has 0 atom stereocenters. The number of nitrogens with one attached hydrogen (secondary N) is 1. The highest BCUT2D eigenvalue weighted by Crippen LogP contribution is 2.00. The van der Waals surface area contributed by atoms with Crippen LogP contribution >= 0.6 is 0 Å². The van der Waals surface area contributed by atoms with E-state index < -0.39 is 0 Å². The number of hydrogen-bond donors (Lipinski definition) is 1. The molecule has 0 spiro atoms. The Balaban J connectivity index is 2.87. The van der Waals surface area contributed by atoms with E-state index in [0.717, 1.165) is 5.56 Å². The lowest BCUT2D eigenvalue weighted by Crippen LogP contribution is -1.92. The summed E-state index contributed by atoms with van der Waals surface area (Å²) in [6.45, 7) is 0.198. The van der Waals surface area contributed by atoms with Gasteiger partial charge in [-0.1, -0.05) is 0 Å². The van der Waals surface area contributed by atoms with Crippen molar-refractivity contribution in [2.45, 2.75) is 13.2 Å². The van der Waals surface area contributed by atoms with Crippen molar-refractivity contribution in [2.75, 3.05) is 0 Å². The topological polar surface area (TPSA) is 56.9 Å². The van der Waals surface area contributed by atoms with Gasteiger partial charge in [0.05, 0.1) is 18.8 Å². The van der Waals surface area contributed by atoms with Crippen LogP contribution < -0.4 is 5.73 Å². The van der Waals surface area contributed by atoms with Crippen molar-refractivity contribution < 1.29 is 5.11 Å². The molecule has 0 fully saturated rings. The zero-order valence-corrected chi connectivity index (χ0v) is 5.54.